The summed E-state index contributed by atoms with van der Waals surface area (Å²) in [7, 11) is 0. The van der Waals surface area contributed by atoms with Gasteiger partial charge in [0.05, 0.1) is 0 Å². The molecule has 1 aromatic heterocycles. The van der Waals surface area contributed by atoms with Gasteiger partial charge in [-0.1, -0.05) is 51.4 Å². The Labute approximate surface area is 129 Å². The second-order valence-corrected chi connectivity index (χ2v) is 6.83. The standard InChI is InChI=1S/C18H29N3/c1-2-6-10-15(9-5-1)17-13-14-19-18(21-17)20-16-11-7-3-4-8-12-16/h13-16H,1-12H2,(H,19,20,21). The van der Waals surface area contributed by atoms with E-state index in [-0.39, 0.29) is 0 Å². The van der Waals surface area contributed by atoms with Gasteiger partial charge in [0.1, 0.15) is 0 Å². The molecule has 0 saturated heterocycles. The zero-order chi connectivity index (χ0) is 14.3. The number of nitrogens with one attached hydrogen (secondary N) is 1. The predicted molar refractivity (Wildman–Crippen MR) is 87.6 cm³/mol. The summed E-state index contributed by atoms with van der Waals surface area (Å²) in [6, 6.07) is 2.71. The van der Waals surface area contributed by atoms with E-state index in [4.69, 9.17) is 4.98 Å². The molecule has 3 nitrogen and oxygen atoms in total. The van der Waals surface area contributed by atoms with Crippen LogP contribution in [0.15, 0.2) is 12.3 Å². The summed E-state index contributed by atoms with van der Waals surface area (Å²) in [6.45, 7) is 0. The molecule has 0 spiro atoms. The largest absolute Gasteiger partial charge is 0.351 e. The van der Waals surface area contributed by atoms with E-state index >= 15 is 0 Å². The fraction of sp³-hybridized carbons (Fsp3) is 0.778. The van der Waals surface area contributed by atoms with Crippen molar-refractivity contribution >= 4 is 5.95 Å². The van der Waals surface area contributed by atoms with E-state index < -0.39 is 0 Å². The zero-order valence-electron chi connectivity index (χ0n) is 13.2. The molecule has 0 aromatic carbocycles. The smallest absolute Gasteiger partial charge is 0.223 e. The first-order valence-electron chi connectivity index (χ1n) is 9.01. The first-order chi connectivity index (χ1) is 10.4. The third-order valence-electron chi connectivity index (χ3n) is 5.14. The summed E-state index contributed by atoms with van der Waals surface area (Å²) in [5, 5.41) is 3.59. The highest BCUT2D eigenvalue weighted by Gasteiger charge is 2.17. The van der Waals surface area contributed by atoms with Crippen LogP contribution < -0.4 is 5.32 Å². The van der Waals surface area contributed by atoms with E-state index in [0.717, 1.165) is 5.95 Å². The molecule has 0 atom stereocenters. The first kappa shape index (κ1) is 14.8. The van der Waals surface area contributed by atoms with Crippen molar-refractivity contribution in [1.29, 1.82) is 0 Å². The van der Waals surface area contributed by atoms with Crippen molar-refractivity contribution in [3.8, 4) is 0 Å². The Hall–Kier alpha value is -1.12. The summed E-state index contributed by atoms with van der Waals surface area (Å²) < 4.78 is 0. The Morgan fingerprint density at radius 1 is 0.810 bits per heavy atom. The monoisotopic (exact) mass is 287 g/mol. The van der Waals surface area contributed by atoms with Crippen molar-refractivity contribution in [2.75, 3.05) is 5.32 Å². The van der Waals surface area contributed by atoms with Crippen molar-refractivity contribution in [2.45, 2.75) is 89.0 Å². The van der Waals surface area contributed by atoms with Gasteiger partial charge in [-0.05, 0) is 31.7 Å². The van der Waals surface area contributed by atoms with Gasteiger partial charge in [-0.25, -0.2) is 9.97 Å². The lowest BCUT2D eigenvalue weighted by Gasteiger charge is -2.18. The van der Waals surface area contributed by atoms with Crippen LogP contribution in [0.2, 0.25) is 0 Å². The van der Waals surface area contributed by atoms with E-state index in [9.17, 15) is 0 Å². The Bertz CT molecular complexity index is 416. The molecule has 21 heavy (non-hydrogen) atoms. The van der Waals surface area contributed by atoms with E-state index in [2.05, 4.69) is 16.4 Å². The van der Waals surface area contributed by atoms with Crippen molar-refractivity contribution in [2.24, 2.45) is 0 Å². The molecular formula is C18H29N3. The first-order valence-corrected chi connectivity index (χ1v) is 9.01. The molecule has 2 fully saturated rings. The zero-order valence-corrected chi connectivity index (χ0v) is 13.2. The summed E-state index contributed by atoms with van der Waals surface area (Å²) in [5.41, 5.74) is 1.27. The van der Waals surface area contributed by atoms with Crippen molar-refractivity contribution in [3.63, 3.8) is 0 Å². The molecule has 0 bridgehead atoms. The van der Waals surface area contributed by atoms with Crippen LogP contribution in [-0.4, -0.2) is 16.0 Å². The maximum Gasteiger partial charge on any atom is 0.223 e. The van der Waals surface area contributed by atoms with Gasteiger partial charge in [0.2, 0.25) is 5.95 Å². The highest BCUT2D eigenvalue weighted by molar-refractivity contribution is 5.28. The van der Waals surface area contributed by atoms with Gasteiger partial charge in [-0.15, -0.1) is 0 Å². The van der Waals surface area contributed by atoms with Crippen LogP contribution in [0.5, 0.6) is 0 Å². The molecule has 1 aromatic rings. The second kappa shape index (κ2) is 7.77. The molecule has 2 aliphatic rings. The molecule has 2 aliphatic carbocycles. The maximum atomic E-state index is 4.84. The Kier molecular flexibility index (Phi) is 5.47. The van der Waals surface area contributed by atoms with E-state index in [0.29, 0.717) is 12.0 Å². The third-order valence-corrected chi connectivity index (χ3v) is 5.14. The molecule has 3 rings (SSSR count). The van der Waals surface area contributed by atoms with Crippen LogP contribution >= 0.6 is 0 Å². The van der Waals surface area contributed by atoms with Gasteiger partial charge in [-0.3, -0.25) is 0 Å². The molecule has 3 heteroatoms. The minimum atomic E-state index is 0.580. The normalized spacial score (nSPS) is 22.5. The number of anilines is 1. The molecule has 1 N–H and O–H groups in total. The average molecular weight is 287 g/mol. The Balaban J connectivity index is 1.64. The molecule has 2 saturated carbocycles. The lowest BCUT2D eigenvalue weighted by atomic mass is 9.96. The van der Waals surface area contributed by atoms with Crippen molar-refractivity contribution in [1.82, 2.24) is 9.97 Å². The van der Waals surface area contributed by atoms with Gasteiger partial charge in [-0.2, -0.15) is 0 Å². The quantitative estimate of drug-likeness (QED) is 0.791. The molecular weight excluding hydrogens is 258 g/mol. The highest BCUT2D eigenvalue weighted by Crippen LogP contribution is 2.30. The highest BCUT2D eigenvalue weighted by atomic mass is 15.1. The van der Waals surface area contributed by atoms with Gasteiger partial charge in [0.25, 0.3) is 0 Å². The van der Waals surface area contributed by atoms with Crippen LogP contribution in [-0.2, 0) is 0 Å². The van der Waals surface area contributed by atoms with Crippen molar-refractivity contribution < 1.29 is 0 Å². The minimum Gasteiger partial charge on any atom is -0.351 e. The summed E-state index contributed by atoms with van der Waals surface area (Å²) >= 11 is 0. The number of nitrogens with zero attached hydrogens (tertiary/aromatic N) is 2. The van der Waals surface area contributed by atoms with Gasteiger partial charge >= 0.3 is 0 Å². The van der Waals surface area contributed by atoms with Gasteiger partial charge in [0, 0.05) is 23.9 Å². The molecule has 0 amide bonds. The summed E-state index contributed by atoms with van der Waals surface area (Å²) in [4.78, 5) is 9.30. The van der Waals surface area contributed by atoms with Crippen LogP contribution in [0.3, 0.4) is 0 Å². The van der Waals surface area contributed by atoms with Crippen LogP contribution in [0.1, 0.15) is 88.7 Å². The summed E-state index contributed by atoms with van der Waals surface area (Å²) in [5.74, 6) is 1.52. The second-order valence-electron chi connectivity index (χ2n) is 6.83. The average Bonchev–Trinajstić information content (AvgIpc) is 2.92. The molecule has 0 unspecified atom stereocenters. The van der Waals surface area contributed by atoms with Crippen LogP contribution in [0.4, 0.5) is 5.95 Å². The van der Waals surface area contributed by atoms with E-state index in [1.54, 1.807) is 0 Å². The lowest BCUT2D eigenvalue weighted by Crippen LogP contribution is -2.20. The number of rotatable bonds is 3. The van der Waals surface area contributed by atoms with Gasteiger partial charge < -0.3 is 5.32 Å². The van der Waals surface area contributed by atoms with E-state index in [1.807, 2.05) is 6.20 Å². The van der Waals surface area contributed by atoms with Crippen molar-refractivity contribution in [3.05, 3.63) is 18.0 Å². The molecule has 116 valence electrons. The summed E-state index contributed by atoms with van der Waals surface area (Å²) in [6.07, 6.45) is 18.1. The number of hydrogen-bond acceptors (Lipinski definition) is 3. The van der Waals surface area contributed by atoms with Gasteiger partial charge in [0.15, 0.2) is 0 Å². The fourth-order valence-corrected chi connectivity index (χ4v) is 3.85. The topological polar surface area (TPSA) is 37.8 Å². The van der Waals surface area contributed by atoms with Crippen LogP contribution in [0.25, 0.3) is 0 Å². The fourth-order valence-electron chi connectivity index (χ4n) is 3.85. The number of aromatic nitrogens is 2. The Morgan fingerprint density at radius 3 is 2.10 bits per heavy atom. The number of hydrogen-bond donors (Lipinski definition) is 1. The molecule has 0 aliphatic heterocycles. The van der Waals surface area contributed by atoms with E-state index in [1.165, 1.54) is 82.7 Å². The third kappa shape index (κ3) is 4.42. The minimum absolute atomic E-state index is 0.580. The maximum absolute atomic E-state index is 4.84. The Morgan fingerprint density at radius 2 is 1.43 bits per heavy atom. The van der Waals surface area contributed by atoms with Crippen LogP contribution in [0, 0.1) is 0 Å². The molecule has 0 radical (unpaired) electrons. The lowest BCUT2D eigenvalue weighted by molar-refractivity contribution is 0.573. The predicted octanol–water partition coefficient (Wildman–Crippen LogP) is 5.05. The molecule has 1 heterocycles. The SMILES string of the molecule is c1cc(C2CCCCCC2)nc(NC2CCCCCC2)n1.